The molecule has 0 bridgehead atoms. The van der Waals surface area contributed by atoms with Crippen LogP contribution in [0.3, 0.4) is 0 Å². The van der Waals surface area contributed by atoms with Gasteiger partial charge in [0, 0.05) is 25.7 Å². The number of rotatable bonds is 7. The van der Waals surface area contributed by atoms with Crippen LogP contribution >= 0.6 is 0 Å². The summed E-state index contributed by atoms with van der Waals surface area (Å²) in [6.45, 7) is 2.79. The Labute approximate surface area is 115 Å². The van der Waals surface area contributed by atoms with Crippen LogP contribution in [0.1, 0.15) is 25.3 Å². The van der Waals surface area contributed by atoms with Gasteiger partial charge >= 0.3 is 0 Å². The van der Waals surface area contributed by atoms with Crippen LogP contribution in [0.4, 0.5) is 0 Å². The van der Waals surface area contributed by atoms with Crippen LogP contribution in [-0.4, -0.2) is 33.4 Å². The van der Waals surface area contributed by atoms with Gasteiger partial charge in [0.2, 0.25) is 10.0 Å². The third-order valence-corrected chi connectivity index (χ3v) is 4.86. The Morgan fingerprint density at radius 3 is 2.58 bits per heavy atom. The first-order chi connectivity index (χ1) is 8.97. The van der Waals surface area contributed by atoms with Crippen molar-refractivity contribution < 1.29 is 13.2 Å². The summed E-state index contributed by atoms with van der Waals surface area (Å²) in [6, 6.07) is 4.77. The molecule has 0 aliphatic heterocycles. The van der Waals surface area contributed by atoms with Gasteiger partial charge in [-0.05, 0) is 24.6 Å². The van der Waals surface area contributed by atoms with Gasteiger partial charge < -0.3 is 10.5 Å². The van der Waals surface area contributed by atoms with Gasteiger partial charge in [-0.15, -0.1) is 0 Å². The molecule has 0 aromatic heterocycles. The maximum Gasteiger partial charge on any atom is 0.242 e. The number of nitrogens with zero attached hydrogens (tertiary/aromatic N) is 1. The smallest absolute Gasteiger partial charge is 0.242 e. The van der Waals surface area contributed by atoms with E-state index < -0.39 is 10.0 Å². The first kappa shape index (κ1) is 15.9. The molecule has 108 valence electrons. The minimum absolute atomic E-state index is 0.241. The molecule has 0 spiro atoms. The minimum atomic E-state index is -3.45. The van der Waals surface area contributed by atoms with E-state index in [1.165, 1.54) is 11.4 Å². The summed E-state index contributed by atoms with van der Waals surface area (Å²) >= 11 is 0. The molecule has 2 N–H and O–H groups in total. The minimum Gasteiger partial charge on any atom is -0.496 e. The lowest BCUT2D eigenvalue weighted by molar-refractivity contribution is 0.409. The first-order valence-corrected chi connectivity index (χ1v) is 7.74. The van der Waals surface area contributed by atoms with E-state index in [4.69, 9.17) is 10.5 Å². The molecule has 0 unspecified atom stereocenters. The zero-order valence-electron chi connectivity index (χ0n) is 11.7. The SMILES string of the molecule is CCCCN(C)S(=O)(=O)c1ccc(OC)c(CN)c1. The molecule has 0 aliphatic rings. The highest BCUT2D eigenvalue weighted by Gasteiger charge is 2.21. The maximum absolute atomic E-state index is 12.4. The largest absolute Gasteiger partial charge is 0.496 e. The Balaban J connectivity index is 3.08. The van der Waals surface area contributed by atoms with Crippen LogP contribution in [0.5, 0.6) is 5.75 Å². The molecular weight excluding hydrogens is 264 g/mol. The van der Waals surface area contributed by atoms with Crippen LogP contribution in [0, 0.1) is 0 Å². The second-order valence-electron chi connectivity index (χ2n) is 4.36. The average molecular weight is 286 g/mol. The number of unbranched alkanes of at least 4 members (excludes halogenated alkanes) is 1. The van der Waals surface area contributed by atoms with Gasteiger partial charge in [0.1, 0.15) is 5.75 Å². The lowest BCUT2D eigenvalue weighted by Gasteiger charge is -2.18. The van der Waals surface area contributed by atoms with Crippen molar-refractivity contribution in [3.8, 4) is 5.75 Å². The van der Waals surface area contributed by atoms with E-state index in [9.17, 15) is 8.42 Å². The first-order valence-electron chi connectivity index (χ1n) is 6.30. The topological polar surface area (TPSA) is 72.6 Å². The van der Waals surface area contributed by atoms with Crippen molar-refractivity contribution in [2.75, 3.05) is 20.7 Å². The number of hydrogen-bond acceptors (Lipinski definition) is 4. The molecule has 0 radical (unpaired) electrons. The molecule has 6 heteroatoms. The summed E-state index contributed by atoms with van der Waals surface area (Å²) in [5.41, 5.74) is 6.29. The predicted octanol–water partition coefficient (Wildman–Crippen LogP) is 1.57. The number of benzene rings is 1. The molecule has 19 heavy (non-hydrogen) atoms. The third kappa shape index (κ3) is 3.68. The quantitative estimate of drug-likeness (QED) is 0.826. The summed E-state index contributed by atoms with van der Waals surface area (Å²) in [6.07, 6.45) is 1.80. The van der Waals surface area contributed by atoms with Gasteiger partial charge in [-0.1, -0.05) is 13.3 Å². The fraction of sp³-hybridized carbons (Fsp3) is 0.538. The summed E-state index contributed by atoms with van der Waals surface area (Å²) in [5.74, 6) is 0.609. The molecule has 0 atom stereocenters. The second kappa shape index (κ2) is 6.88. The van der Waals surface area contributed by atoms with Crippen molar-refractivity contribution in [1.82, 2.24) is 4.31 Å². The van der Waals surface area contributed by atoms with Crippen LogP contribution in [-0.2, 0) is 16.6 Å². The zero-order chi connectivity index (χ0) is 14.5. The highest BCUT2D eigenvalue weighted by atomic mass is 32.2. The Kier molecular flexibility index (Phi) is 5.78. The van der Waals surface area contributed by atoms with E-state index in [0.29, 0.717) is 17.9 Å². The van der Waals surface area contributed by atoms with E-state index in [2.05, 4.69) is 0 Å². The standard InChI is InChI=1S/C13H22N2O3S/c1-4-5-8-15(2)19(16,17)12-6-7-13(18-3)11(9-12)10-14/h6-7,9H,4-5,8,10,14H2,1-3H3. The molecule has 0 amide bonds. The fourth-order valence-corrected chi connectivity index (χ4v) is 3.02. The van der Waals surface area contributed by atoms with Crippen LogP contribution in [0.2, 0.25) is 0 Å². The molecular formula is C13H22N2O3S. The second-order valence-corrected chi connectivity index (χ2v) is 6.40. The molecule has 0 heterocycles. The van der Waals surface area contributed by atoms with Gasteiger partial charge in [0.05, 0.1) is 12.0 Å². The predicted molar refractivity (Wildman–Crippen MR) is 75.6 cm³/mol. The van der Waals surface area contributed by atoms with E-state index in [0.717, 1.165) is 12.8 Å². The van der Waals surface area contributed by atoms with Crippen LogP contribution in [0.15, 0.2) is 23.1 Å². The average Bonchev–Trinajstić information content (AvgIpc) is 2.43. The van der Waals surface area contributed by atoms with Crippen molar-refractivity contribution in [3.05, 3.63) is 23.8 Å². The Hall–Kier alpha value is -1.11. The van der Waals surface area contributed by atoms with Crippen molar-refractivity contribution in [1.29, 1.82) is 0 Å². The van der Waals surface area contributed by atoms with E-state index in [1.807, 2.05) is 6.92 Å². The molecule has 0 saturated carbocycles. The number of ether oxygens (including phenoxy) is 1. The highest BCUT2D eigenvalue weighted by molar-refractivity contribution is 7.89. The summed E-state index contributed by atoms with van der Waals surface area (Å²) in [4.78, 5) is 0.257. The van der Waals surface area contributed by atoms with Gasteiger partial charge in [-0.3, -0.25) is 0 Å². The Morgan fingerprint density at radius 2 is 2.05 bits per heavy atom. The van der Waals surface area contributed by atoms with E-state index >= 15 is 0 Å². The summed E-state index contributed by atoms with van der Waals surface area (Å²) < 4.78 is 31.2. The normalized spacial score (nSPS) is 11.8. The van der Waals surface area contributed by atoms with Crippen molar-refractivity contribution in [2.45, 2.75) is 31.2 Å². The van der Waals surface area contributed by atoms with Gasteiger partial charge in [-0.2, -0.15) is 0 Å². The van der Waals surface area contributed by atoms with Crippen molar-refractivity contribution >= 4 is 10.0 Å². The monoisotopic (exact) mass is 286 g/mol. The van der Waals surface area contributed by atoms with E-state index in [1.54, 1.807) is 25.2 Å². The zero-order valence-corrected chi connectivity index (χ0v) is 12.5. The van der Waals surface area contributed by atoms with Crippen LogP contribution < -0.4 is 10.5 Å². The van der Waals surface area contributed by atoms with Crippen LogP contribution in [0.25, 0.3) is 0 Å². The lowest BCUT2D eigenvalue weighted by Crippen LogP contribution is -2.28. The highest BCUT2D eigenvalue weighted by Crippen LogP contribution is 2.23. The number of hydrogen-bond donors (Lipinski definition) is 1. The molecule has 0 aliphatic carbocycles. The molecule has 1 aromatic carbocycles. The molecule has 0 saturated heterocycles. The van der Waals surface area contributed by atoms with E-state index in [-0.39, 0.29) is 11.4 Å². The maximum atomic E-state index is 12.4. The van der Waals surface area contributed by atoms with Gasteiger partial charge in [0.25, 0.3) is 0 Å². The fourth-order valence-electron chi connectivity index (χ4n) is 1.76. The van der Waals surface area contributed by atoms with Gasteiger partial charge in [0.15, 0.2) is 0 Å². The molecule has 5 nitrogen and oxygen atoms in total. The Morgan fingerprint density at radius 1 is 1.37 bits per heavy atom. The summed E-state index contributed by atoms with van der Waals surface area (Å²) in [7, 11) is -0.314. The summed E-state index contributed by atoms with van der Waals surface area (Å²) in [5, 5.41) is 0. The van der Waals surface area contributed by atoms with Gasteiger partial charge in [-0.25, -0.2) is 12.7 Å². The lowest BCUT2D eigenvalue weighted by atomic mass is 10.2. The number of sulfonamides is 1. The molecule has 0 fully saturated rings. The number of nitrogens with two attached hydrogens (primary N) is 1. The number of methoxy groups -OCH3 is 1. The Bertz CT molecular complexity index is 515. The third-order valence-electron chi connectivity index (χ3n) is 3.01. The molecule has 1 rings (SSSR count). The molecule has 1 aromatic rings. The van der Waals surface area contributed by atoms with Crippen molar-refractivity contribution in [2.24, 2.45) is 5.73 Å². The van der Waals surface area contributed by atoms with Crippen molar-refractivity contribution in [3.63, 3.8) is 0 Å².